The van der Waals surface area contributed by atoms with Crippen LogP contribution in [-0.2, 0) is 4.74 Å². The molecule has 3 aromatic heterocycles. The van der Waals surface area contributed by atoms with E-state index in [1.165, 1.54) is 0 Å². The van der Waals surface area contributed by atoms with Crippen LogP contribution in [0.4, 0.5) is 0 Å². The number of ether oxygens (including phenoxy) is 1. The van der Waals surface area contributed by atoms with Crippen LogP contribution in [0.5, 0.6) is 0 Å². The highest BCUT2D eigenvalue weighted by Crippen LogP contribution is 2.30. The fraction of sp³-hybridized carbons (Fsp3) is 0.417. The average molecular weight is 275 g/mol. The molecule has 3 aromatic rings. The number of aliphatic hydroxyl groups is 2. The van der Waals surface area contributed by atoms with Crippen LogP contribution in [0.3, 0.4) is 0 Å². The van der Waals surface area contributed by atoms with Crippen molar-refractivity contribution in [3.8, 4) is 0 Å². The molecule has 1 aliphatic heterocycles. The van der Waals surface area contributed by atoms with E-state index in [1.54, 1.807) is 34.0 Å². The quantitative estimate of drug-likeness (QED) is 0.667. The summed E-state index contributed by atoms with van der Waals surface area (Å²) in [4.78, 5) is 12.9. The lowest BCUT2D eigenvalue weighted by atomic mass is 10.2. The molecule has 0 saturated carbocycles. The number of aromatic nitrogens is 5. The van der Waals surface area contributed by atoms with Gasteiger partial charge in [0.2, 0.25) is 0 Å². The summed E-state index contributed by atoms with van der Waals surface area (Å²) in [5.74, 6) is 0. The normalized spacial score (nSPS) is 26.8. The molecular weight excluding hydrogens is 262 g/mol. The zero-order chi connectivity index (χ0) is 13.7. The van der Waals surface area contributed by atoms with Crippen molar-refractivity contribution < 1.29 is 14.9 Å². The summed E-state index contributed by atoms with van der Waals surface area (Å²) in [6.07, 6.45) is 5.56. The van der Waals surface area contributed by atoms with Gasteiger partial charge in [-0.15, -0.1) is 0 Å². The Hall–Kier alpha value is -2.03. The van der Waals surface area contributed by atoms with Crippen molar-refractivity contribution in [1.82, 2.24) is 23.9 Å². The molecule has 0 amide bonds. The van der Waals surface area contributed by atoms with Crippen LogP contribution >= 0.6 is 0 Å². The van der Waals surface area contributed by atoms with Crippen molar-refractivity contribution >= 4 is 16.8 Å². The van der Waals surface area contributed by atoms with Gasteiger partial charge in [0.25, 0.3) is 0 Å². The summed E-state index contributed by atoms with van der Waals surface area (Å²) in [7, 11) is 0. The molecule has 8 heteroatoms. The predicted molar refractivity (Wildman–Crippen MR) is 67.9 cm³/mol. The third kappa shape index (κ3) is 1.56. The Kier molecular flexibility index (Phi) is 2.49. The Bertz CT molecular complexity index is 767. The summed E-state index contributed by atoms with van der Waals surface area (Å²) in [6, 6.07) is 0. The number of fused-ring (bicyclic) bond motifs is 3. The van der Waals surface area contributed by atoms with E-state index in [9.17, 15) is 5.11 Å². The van der Waals surface area contributed by atoms with E-state index in [4.69, 9.17) is 9.84 Å². The monoisotopic (exact) mass is 275 g/mol. The van der Waals surface area contributed by atoms with Gasteiger partial charge in [-0.3, -0.25) is 8.97 Å². The lowest BCUT2D eigenvalue weighted by Crippen LogP contribution is -2.24. The number of hydrogen-bond acceptors (Lipinski definition) is 6. The second-order valence-corrected chi connectivity index (χ2v) is 4.84. The van der Waals surface area contributed by atoms with Crippen LogP contribution in [0.1, 0.15) is 12.6 Å². The van der Waals surface area contributed by atoms with Crippen LogP contribution in [0.15, 0.2) is 25.0 Å². The first-order chi connectivity index (χ1) is 9.78. The highest BCUT2D eigenvalue weighted by atomic mass is 16.5. The first-order valence-corrected chi connectivity index (χ1v) is 6.36. The molecule has 4 rings (SSSR count). The molecule has 104 valence electrons. The van der Waals surface area contributed by atoms with Crippen molar-refractivity contribution in [3.63, 3.8) is 0 Å². The van der Waals surface area contributed by atoms with Crippen molar-refractivity contribution in [2.75, 3.05) is 6.61 Å². The molecule has 0 aromatic carbocycles. The summed E-state index contributed by atoms with van der Waals surface area (Å²) in [6.45, 7) is -0.206. The molecule has 0 radical (unpaired) electrons. The third-order valence-electron chi connectivity index (χ3n) is 3.65. The second-order valence-electron chi connectivity index (χ2n) is 4.84. The first-order valence-electron chi connectivity index (χ1n) is 6.36. The SMILES string of the molecule is OC[C@@H]1O[C@H](n2cnc3c2ncn2ccnc32)C[C@H]1O. The fourth-order valence-corrected chi connectivity index (χ4v) is 2.61. The van der Waals surface area contributed by atoms with E-state index in [0.717, 1.165) is 5.65 Å². The summed E-state index contributed by atoms with van der Waals surface area (Å²) >= 11 is 0. The average Bonchev–Trinajstić information content (AvgIpc) is 3.13. The smallest absolute Gasteiger partial charge is 0.167 e. The van der Waals surface area contributed by atoms with Gasteiger partial charge in [-0.05, 0) is 0 Å². The Morgan fingerprint density at radius 3 is 2.95 bits per heavy atom. The summed E-state index contributed by atoms with van der Waals surface area (Å²) < 4.78 is 9.18. The summed E-state index contributed by atoms with van der Waals surface area (Å²) in [5, 5.41) is 19.0. The van der Waals surface area contributed by atoms with Crippen molar-refractivity contribution in [2.45, 2.75) is 24.9 Å². The highest BCUT2D eigenvalue weighted by Gasteiger charge is 2.35. The molecule has 3 atom stereocenters. The van der Waals surface area contributed by atoms with E-state index in [-0.39, 0.29) is 12.8 Å². The predicted octanol–water partition coefficient (Wildman–Crippen LogP) is -0.280. The van der Waals surface area contributed by atoms with Gasteiger partial charge >= 0.3 is 0 Å². The van der Waals surface area contributed by atoms with E-state index >= 15 is 0 Å². The van der Waals surface area contributed by atoms with Gasteiger partial charge in [-0.2, -0.15) is 0 Å². The van der Waals surface area contributed by atoms with Gasteiger partial charge in [-0.1, -0.05) is 0 Å². The van der Waals surface area contributed by atoms with E-state index in [0.29, 0.717) is 17.6 Å². The third-order valence-corrected chi connectivity index (χ3v) is 3.65. The van der Waals surface area contributed by atoms with Crippen LogP contribution < -0.4 is 0 Å². The number of imidazole rings is 2. The standard InChI is InChI=1S/C12H13N5O3/c18-4-8-7(19)3-9(20-8)17-6-14-10-11-13-1-2-16(11)5-15-12(10)17/h1-2,5-9,18-19H,3-4H2/t7-,8+,9+/m1/s1. The number of hydrogen-bond donors (Lipinski definition) is 2. The van der Waals surface area contributed by atoms with Gasteiger partial charge in [0.15, 0.2) is 16.8 Å². The minimum absolute atomic E-state index is 0.206. The molecule has 8 nitrogen and oxygen atoms in total. The lowest BCUT2D eigenvalue weighted by molar-refractivity contribution is -0.0432. The Morgan fingerprint density at radius 2 is 2.15 bits per heavy atom. The molecule has 0 unspecified atom stereocenters. The van der Waals surface area contributed by atoms with E-state index in [2.05, 4.69) is 15.0 Å². The van der Waals surface area contributed by atoms with Gasteiger partial charge in [0.05, 0.1) is 19.0 Å². The summed E-state index contributed by atoms with van der Waals surface area (Å²) in [5.41, 5.74) is 2.06. The topological polar surface area (TPSA) is 97.7 Å². The maximum Gasteiger partial charge on any atom is 0.167 e. The molecule has 0 spiro atoms. The lowest BCUT2D eigenvalue weighted by Gasteiger charge is -2.13. The van der Waals surface area contributed by atoms with Gasteiger partial charge in [0, 0.05) is 18.8 Å². The van der Waals surface area contributed by atoms with Crippen LogP contribution in [0, 0.1) is 0 Å². The first kappa shape index (κ1) is 11.8. The molecule has 1 saturated heterocycles. The fourth-order valence-electron chi connectivity index (χ4n) is 2.61. The van der Waals surface area contributed by atoms with E-state index < -0.39 is 12.2 Å². The minimum Gasteiger partial charge on any atom is -0.394 e. The maximum absolute atomic E-state index is 9.81. The molecule has 1 aliphatic rings. The molecule has 20 heavy (non-hydrogen) atoms. The highest BCUT2D eigenvalue weighted by molar-refractivity contribution is 5.85. The van der Waals surface area contributed by atoms with Gasteiger partial charge in [-0.25, -0.2) is 15.0 Å². The van der Waals surface area contributed by atoms with Crippen LogP contribution in [-0.4, -0.2) is 52.9 Å². The molecule has 1 fully saturated rings. The van der Waals surface area contributed by atoms with Crippen LogP contribution in [0.2, 0.25) is 0 Å². The number of rotatable bonds is 2. The zero-order valence-electron chi connectivity index (χ0n) is 10.5. The zero-order valence-corrected chi connectivity index (χ0v) is 10.5. The van der Waals surface area contributed by atoms with E-state index in [1.807, 2.05) is 0 Å². The van der Waals surface area contributed by atoms with Crippen molar-refractivity contribution in [3.05, 3.63) is 25.0 Å². The molecule has 0 bridgehead atoms. The second kappa shape index (κ2) is 4.23. The van der Waals surface area contributed by atoms with Crippen LogP contribution in [0.25, 0.3) is 16.8 Å². The Labute approximate surface area is 113 Å². The number of nitrogens with zero attached hydrogens (tertiary/aromatic N) is 5. The van der Waals surface area contributed by atoms with Crippen molar-refractivity contribution in [2.24, 2.45) is 0 Å². The number of aliphatic hydroxyl groups excluding tert-OH is 2. The Morgan fingerprint density at radius 1 is 1.25 bits per heavy atom. The molecule has 2 N–H and O–H groups in total. The Balaban J connectivity index is 1.81. The molecular formula is C12H13N5O3. The van der Waals surface area contributed by atoms with Gasteiger partial charge < -0.3 is 14.9 Å². The maximum atomic E-state index is 9.81. The molecule has 4 heterocycles. The molecule has 0 aliphatic carbocycles. The van der Waals surface area contributed by atoms with Gasteiger partial charge in [0.1, 0.15) is 18.7 Å². The largest absolute Gasteiger partial charge is 0.394 e. The minimum atomic E-state index is -0.683. The van der Waals surface area contributed by atoms with Crippen molar-refractivity contribution in [1.29, 1.82) is 0 Å².